The number of carbonyl (C=O) groups is 1. The molecular formula is C11H20O3. The van der Waals surface area contributed by atoms with Crippen LogP contribution in [0.25, 0.3) is 0 Å². The van der Waals surface area contributed by atoms with E-state index in [-0.39, 0.29) is 24.1 Å². The van der Waals surface area contributed by atoms with Gasteiger partial charge in [0.05, 0.1) is 6.10 Å². The molecule has 1 aliphatic heterocycles. The molecule has 14 heavy (non-hydrogen) atoms. The quantitative estimate of drug-likeness (QED) is 0.639. The van der Waals surface area contributed by atoms with Gasteiger partial charge in [-0.1, -0.05) is 13.8 Å². The Bertz CT molecular complexity index is 201. The number of hydrogen-bond acceptors (Lipinski definition) is 3. The van der Waals surface area contributed by atoms with Crippen LogP contribution in [0.1, 0.15) is 34.1 Å². The van der Waals surface area contributed by atoms with Crippen molar-refractivity contribution < 1.29 is 14.3 Å². The summed E-state index contributed by atoms with van der Waals surface area (Å²) in [5.41, 5.74) is 0. The van der Waals surface area contributed by atoms with Gasteiger partial charge in [-0.2, -0.15) is 0 Å². The Morgan fingerprint density at radius 2 is 2.07 bits per heavy atom. The second-order valence-electron chi connectivity index (χ2n) is 4.40. The summed E-state index contributed by atoms with van der Waals surface area (Å²) >= 11 is 0. The Labute approximate surface area is 85.8 Å². The minimum atomic E-state index is -0.360. The van der Waals surface area contributed by atoms with Gasteiger partial charge in [-0.3, -0.25) is 0 Å². The highest BCUT2D eigenvalue weighted by Crippen LogP contribution is 2.27. The van der Waals surface area contributed by atoms with Crippen LogP contribution in [-0.2, 0) is 14.3 Å². The topological polar surface area (TPSA) is 35.5 Å². The average molecular weight is 200 g/mol. The highest BCUT2D eigenvalue weighted by Gasteiger charge is 2.34. The third-order valence-corrected chi connectivity index (χ3v) is 2.83. The van der Waals surface area contributed by atoms with Crippen molar-refractivity contribution in [1.82, 2.24) is 0 Å². The molecule has 0 N–H and O–H groups in total. The molecule has 0 aromatic heterocycles. The molecule has 1 heterocycles. The number of ether oxygens (including phenoxy) is 2. The summed E-state index contributed by atoms with van der Waals surface area (Å²) in [5, 5.41) is 0. The van der Waals surface area contributed by atoms with E-state index in [1.807, 2.05) is 13.8 Å². The summed E-state index contributed by atoms with van der Waals surface area (Å²) < 4.78 is 10.6. The van der Waals surface area contributed by atoms with E-state index < -0.39 is 0 Å². The van der Waals surface area contributed by atoms with E-state index in [1.54, 1.807) is 0 Å². The molecule has 1 saturated heterocycles. The van der Waals surface area contributed by atoms with Gasteiger partial charge in [-0.05, 0) is 32.1 Å². The highest BCUT2D eigenvalue weighted by molar-refractivity contribution is 5.75. The zero-order chi connectivity index (χ0) is 10.7. The summed E-state index contributed by atoms with van der Waals surface area (Å²) in [5.74, 6) is 0.586. The van der Waals surface area contributed by atoms with Crippen LogP contribution in [0, 0.1) is 11.8 Å². The van der Waals surface area contributed by atoms with Crippen LogP contribution in [0.2, 0.25) is 0 Å². The zero-order valence-electron chi connectivity index (χ0n) is 9.45. The molecule has 1 fully saturated rings. The van der Waals surface area contributed by atoms with Crippen molar-refractivity contribution >= 4 is 5.97 Å². The van der Waals surface area contributed by atoms with Crippen LogP contribution < -0.4 is 0 Å². The second kappa shape index (κ2) is 4.78. The lowest BCUT2D eigenvalue weighted by atomic mass is 9.86. The summed E-state index contributed by atoms with van der Waals surface area (Å²) in [7, 11) is 0. The van der Waals surface area contributed by atoms with Crippen molar-refractivity contribution in [2.24, 2.45) is 11.8 Å². The molecular weight excluding hydrogens is 180 g/mol. The second-order valence-corrected chi connectivity index (χ2v) is 4.40. The van der Waals surface area contributed by atoms with Gasteiger partial charge in [-0.15, -0.1) is 0 Å². The highest BCUT2D eigenvalue weighted by atomic mass is 16.6. The first-order valence-corrected chi connectivity index (χ1v) is 5.34. The molecule has 82 valence electrons. The minimum Gasteiger partial charge on any atom is -0.461 e. The Balaban J connectivity index is 2.53. The van der Waals surface area contributed by atoms with Crippen LogP contribution in [0.3, 0.4) is 0 Å². The Morgan fingerprint density at radius 1 is 1.43 bits per heavy atom. The molecule has 0 aromatic carbocycles. The predicted molar refractivity (Wildman–Crippen MR) is 53.9 cm³/mol. The van der Waals surface area contributed by atoms with Gasteiger partial charge in [0.25, 0.3) is 0 Å². The lowest BCUT2D eigenvalue weighted by Gasteiger charge is -2.32. The van der Waals surface area contributed by atoms with Crippen molar-refractivity contribution in [3.05, 3.63) is 0 Å². The number of esters is 1. The van der Waals surface area contributed by atoms with E-state index in [4.69, 9.17) is 9.47 Å². The molecule has 3 nitrogen and oxygen atoms in total. The van der Waals surface area contributed by atoms with E-state index in [0.717, 1.165) is 6.42 Å². The van der Waals surface area contributed by atoms with Crippen LogP contribution in [0.15, 0.2) is 0 Å². The summed E-state index contributed by atoms with van der Waals surface area (Å²) in [4.78, 5) is 11.6. The van der Waals surface area contributed by atoms with Gasteiger partial charge in [0.1, 0.15) is 0 Å². The molecule has 3 heteroatoms. The molecule has 0 bridgehead atoms. The Morgan fingerprint density at radius 3 is 2.64 bits per heavy atom. The standard InChI is InChI=1S/C11H20O3/c1-7(2)14-11(12)10-9(4)8(3)5-6-13-10/h7-10H,5-6H2,1-4H3. The van der Waals surface area contributed by atoms with Crippen molar-refractivity contribution in [3.63, 3.8) is 0 Å². The SMILES string of the molecule is CC(C)OC(=O)C1OCCC(C)C1C. The number of hydrogen-bond donors (Lipinski definition) is 0. The van der Waals surface area contributed by atoms with Crippen molar-refractivity contribution in [1.29, 1.82) is 0 Å². The lowest BCUT2D eigenvalue weighted by molar-refractivity contribution is -0.170. The summed E-state index contributed by atoms with van der Waals surface area (Å²) in [6.45, 7) is 8.59. The van der Waals surface area contributed by atoms with Gasteiger partial charge in [-0.25, -0.2) is 4.79 Å². The summed E-state index contributed by atoms with van der Waals surface area (Å²) in [6.07, 6.45) is 0.615. The van der Waals surface area contributed by atoms with Crippen LogP contribution in [0.5, 0.6) is 0 Å². The normalized spacial score (nSPS) is 33.1. The lowest BCUT2D eigenvalue weighted by Crippen LogP contribution is -2.41. The molecule has 0 amide bonds. The molecule has 1 rings (SSSR count). The maximum Gasteiger partial charge on any atom is 0.335 e. The zero-order valence-corrected chi connectivity index (χ0v) is 9.45. The summed E-state index contributed by atoms with van der Waals surface area (Å²) in [6, 6.07) is 0. The third-order valence-electron chi connectivity index (χ3n) is 2.83. The van der Waals surface area contributed by atoms with Crippen LogP contribution >= 0.6 is 0 Å². The fraction of sp³-hybridized carbons (Fsp3) is 0.909. The molecule has 1 aliphatic rings. The fourth-order valence-electron chi connectivity index (χ4n) is 1.68. The van der Waals surface area contributed by atoms with Crippen molar-refractivity contribution in [2.75, 3.05) is 6.61 Å². The minimum absolute atomic E-state index is 0.0597. The van der Waals surface area contributed by atoms with E-state index in [9.17, 15) is 4.79 Å². The molecule has 0 saturated carbocycles. The number of rotatable bonds is 2. The van der Waals surface area contributed by atoms with Gasteiger partial charge in [0, 0.05) is 6.61 Å². The van der Waals surface area contributed by atoms with Gasteiger partial charge >= 0.3 is 5.97 Å². The Hall–Kier alpha value is -0.570. The van der Waals surface area contributed by atoms with Crippen molar-refractivity contribution in [3.8, 4) is 0 Å². The molecule has 3 atom stereocenters. The smallest absolute Gasteiger partial charge is 0.335 e. The fourth-order valence-corrected chi connectivity index (χ4v) is 1.68. The van der Waals surface area contributed by atoms with Gasteiger partial charge < -0.3 is 9.47 Å². The molecule has 0 aliphatic carbocycles. The maximum absolute atomic E-state index is 11.6. The predicted octanol–water partition coefficient (Wildman–Crippen LogP) is 2.00. The number of carbonyl (C=O) groups excluding carboxylic acids is 1. The van der Waals surface area contributed by atoms with Gasteiger partial charge in [0.2, 0.25) is 0 Å². The molecule has 0 radical (unpaired) electrons. The average Bonchev–Trinajstić information content (AvgIpc) is 2.08. The van der Waals surface area contributed by atoms with Crippen LogP contribution in [0.4, 0.5) is 0 Å². The molecule has 0 spiro atoms. The molecule has 0 aromatic rings. The van der Waals surface area contributed by atoms with Crippen LogP contribution in [-0.4, -0.2) is 24.8 Å². The first-order valence-electron chi connectivity index (χ1n) is 5.34. The monoisotopic (exact) mass is 200 g/mol. The van der Waals surface area contributed by atoms with Crippen molar-refractivity contribution in [2.45, 2.75) is 46.3 Å². The maximum atomic E-state index is 11.6. The Kier molecular flexibility index (Phi) is 3.93. The van der Waals surface area contributed by atoms with E-state index in [2.05, 4.69) is 13.8 Å². The third kappa shape index (κ3) is 2.71. The van der Waals surface area contributed by atoms with E-state index in [1.165, 1.54) is 0 Å². The van der Waals surface area contributed by atoms with E-state index in [0.29, 0.717) is 12.5 Å². The first-order chi connectivity index (χ1) is 6.52. The van der Waals surface area contributed by atoms with Gasteiger partial charge in [0.15, 0.2) is 6.10 Å². The van der Waals surface area contributed by atoms with E-state index >= 15 is 0 Å². The molecule has 3 unspecified atom stereocenters. The first kappa shape index (κ1) is 11.5. The largest absolute Gasteiger partial charge is 0.461 e.